The van der Waals surface area contributed by atoms with Crippen LogP contribution in [-0.4, -0.2) is 15.0 Å². The van der Waals surface area contributed by atoms with Gasteiger partial charge >= 0.3 is 0 Å². The quantitative estimate of drug-likeness (QED) is 0.177. The van der Waals surface area contributed by atoms with Crippen LogP contribution in [0.15, 0.2) is 241 Å². The van der Waals surface area contributed by atoms with Crippen LogP contribution < -0.4 is 0 Å². The lowest BCUT2D eigenvalue weighted by atomic mass is 9.52. The minimum atomic E-state index is -0.642. The predicted octanol–water partition coefficient (Wildman–Crippen LogP) is 15.5. The molecule has 0 unspecified atom stereocenters. The molecule has 0 bridgehead atoms. The molecular weight excluding hydrogens is 839 g/mol. The molecule has 3 aliphatic rings. The maximum absolute atomic E-state index is 6.76. The standard InChI is InChI=1S/C65H39N3O/c1-3-17-41(18-4-1)61-66-62(42-19-5-2-6-20-42)68-63(67-61)43-33-31-40(32-34-43)44-35-36-53-48(37-44)49-38-50-47-23-9-16-30-59(47)69-60(50)39-58(49)65(53)56-28-14-12-26-54(56)64(55-27-13-15-29-57(55)65)51-24-10-7-21-45(51)46-22-8-11-25-52(46)64/h1-39H. The fourth-order valence-electron chi connectivity index (χ4n) is 12.4. The van der Waals surface area contributed by atoms with Gasteiger partial charge in [0.1, 0.15) is 11.2 Å². The molecule has 0 atom stereocenters. The minimum Gasteiger partial charge on any atom is -0.456 e. The molecule has 0 N–H and O–H groups in total. The fourth-order valence-corrected chi connectivity index (χ4v) is 12.4. The van der Waals surface area contributed by atoms with E-state index in [0.717, 1.165) is 49.8 Å². The maximum Gasteiger partial charge on any atom is 0.164 e. The molecule has 0 saturated heterocycles. The molecule has 10 aromatic carbocycles. The van der Waals surface area contributed by atoms with Crippen molar-refractivity contribution in [3.8, 4) is 67.5 Å². The number of benzene rings is 10. The summed E-state index contributed by atoms with van der Waals surface area (Å²) in [5, 5.41) is 2.24. The highest BCUT2D eigenvalue weighted by atomic mass is 16.3. The zero-order valence-electron chi connectivity index (χ0n) is 37.3. The van der Waals surface area contributed by atoms with E-state index in [4.69, 9.17) is 19.4 Å². The van der Waals surface area contributed by atoms with Crippen LogP contribution in [0.4, 0.5) is 0 Å². The summed E-state index contributed by atoms with van der Waals surface area (Å²) < 4.78 is 6.76. The number of furan rings is 1. The Morgan fingerprint density at radius 1 is 0.246 bits per heavy atom. The van der Waals surface area contributed by atoms with Gasteiger partial charge in [-0.1, -0.05) is 212 Å². The van der Waals surface area contributed by atoms with Gasteiger partial charge < -0.3 is 4.42 Å². The maximum atomic E-state index is 6.76. The molecule has 4 nitrogen and oxygen atoms in total. The molecule has 0 aliphatic heterocycles. The first-order chi connectivity index (χ1) is 34.2. The summed E-state index contributed by atoms with van der Waals surface area (Å²) in [4.78, 5) is 15.0. The zero-order chi connectivity index (χ0) is 45.3. The van der Waals surface area contributed by atoms with Gasteiger partial charge in [-0.15, -0.1) is 0 Å². The van der Waals surface area contributed by atoms with Gasteiger partial charge in [0.2, 0.25) is 0 Å². The summed E-state index contributed by atoms with van der Waals surface area (Å²) in [7, 11) is 0. The van der Waals surface area contributed by atoms with Crippen molar-refractivity contribution >= 4 is 21.9 Å². The average Bonchev–Trinajstić information content (AvgIpc) is 4.04. The smallest absolute Gasteiger partial charge is 0.164 e. The van der Waals surface area contributed by atoms with E-state index < -0.39 is 10.8 Å². The number of aromatic nitrogens is 3. The fraction of sp³-hybridized carbons (Fsp3) is 0.0308. The molecule has 12 aromatic rings. The van der Waals surface area contributed by atoms with Gasteiger partial charge in [-0.3, -0.25) is 0 Å². The van der Waals surface area contributed by atoms with Crippen molar-refractivity contribution in [2.45, 2.75) is 10.8 Å². The van der Waals surface area contributed by atoms with Crippen molar-refractivity contribution in [2.24, 2.45) is 0 Å². The monoisotopic (exact) mass is 877 g/mol. The average molecular weight is 878 g/mol. The second-order valence-electron chi connectivity index (χ2n) is 18.6. The first-order valence-corrected chi connectivity index (χ1v) is 23.7. The van der Waals surface area contributed by atoms with E-state index in [-0.39, 0.29) is 0 Å². The van der Waals surface area contributed by atoms with Crippen molar-refractivity contribution in [2.75, 3.05) is 0 Å². The molecule has 69 heavy (non-hydrogen) atoms. The molecule has 0 radical (unpaired) electrons. The lowest BCUT2D eigenvalue weighted by Crippen LogP contribution is -2.43. The van der Waals surface area contributed by atoms with Crippen molar-refractivity contribution < 1.29 is 4.42 Å². The second-order valence-corrected chi connectivity index (χ2v) is 18.6. The summed E-state index contributed by atoms with van der Waals surface area (Å²) in [6.07, 6.45) is 0. The third kappa shape index (κ3) is 5.15. The molecule has 4 heteroatoms. The number of rotatable bonds is 4. The highest BCUT2D eigenvalue weighted by Gasteiger charge is 2.59. The molecule has 15 rings (SSSR count). The number of hydrogen-bond donors (Lipinski definition) is 0. The van der Waals surface area contributed by atoms with Crippen LogP contribution in [-0.2, 0) is 10.8 Å². The van der Waals surface area contributed by atoms with E-state index in [9.17, 15) is 0 Å². The van der Waals surface area contributed by atoms with Gasteiger partial charge in [-0.25, -0.2) is 15.0 Å². The largest absolute Gasteiger partial charge is 0.456 e. The van der Waals surface area contributed by atoms with Crippen LogP contribution in [0.2, 0.25) is 0 Å². The Morgan fingerprint density at radius 2 is 0.652 bits per heavy atom. The Kier molecular flexibility index (Phi) is 7.88. The van der Waals surface area contributed by atoms with Gasteiger partial charge in [-0.05, 0) is 102 Å². The Labute approximate surface area is 398 Å². The highest BCUT2D eigenvalue weighted by Crippen LogP contribution is 2.68. The molecule has 2 aromatic heterocycles. The van der Waals surface area contributed by atoms with Crippen molar-refractivity contribution in [1.29, 1.82) is 0 Å². The van der Waals surface area contributed by atoms with Gasteiger partial charge in [0, 0.05) is 27.5 Å². The van der Waals surface area contributed by atoms with E-state index in [2.05, 4.69) is 176 Å². The highest BCUT2D eigenvalue weighted by molar-refractivity contribution is 6.09. The lowest BCUT2D eigenvalue weighted by Gasteiger charge is -2.48. The molecule has 0 fully saturated rings. The molecule has 320 valence electrons. The van der Waals surface area contributed by atoms with E-state index in [1.807, 2.05) is 60.7 Å². The third-order valence-corrected chi connectivity index (χ3v) is 15.2. The summed E-state index contributed by atoms with van der Waals surface area (Å²) in [5.74, 6) is 1.93. The zero-order valence-corrected chi connectivity index (χ0v) is 37.3. The molecule has 3 aliphatic carbocycles. The van der Waals surface area contributed by atoms with Crippen molar-refractivity contribution in [3.05, 3.63) is 281 Å². The number of fused-ring (bicyclic) bond motifs is 19. The van der Waals surface area contributed by atoms with Gasteiger partial charge in [-0.2, -0.15) is 0 Å². The van der Waals surface area contributed by atoms with Gasteiger partial charge in [0.15, 0.2) is 17.5 Å². The molecule has 2 spiro atoms. The second kappa shape index (κ2) is 14.3. The number of hydrogen-bond acceptors (Lipinski definition) is 4. The van der Waals surface area contributed by atoms with Gasteiger partial charge in [0.05, 0.1) is 10.8 Å². The van der Waals surface area contributed by atoms with Crippen molar-refractivity contribution in [1.82, 2.24) is 15.0 Å². The minimum absolute atomic E-state index is 0.512. The number of nitrogens with zero attached hydrogens (tertiary/aromatic N) is 3. The molecule has 0 amide bonds. The van der Waals surface area contributed by atoms with Crippen LogP contribution in [0.25, 0.3) is 89.5 Å². The predicted molar refractivity (Wildman–Crippen MR) is 277 cm³/mol. The first-order valence-electron chi connectivity index (χ1n) is 23.7. The Bertz CT molecular complexity index is 3920. The van der Waals surface area contributed by atoms with Crippen LogP contribution in [0.5, 0.6) is 0 Å². The van der Waals surface area contributed by atoms with Crippen LogP contribution in [0.3, 0.4) is 0 Å². The lowest BCUT2D eigenvalue weighted by molar-refractivity contribution is 0.630. The van der Waals surface area contributed by atoms with E-state index >= 15 is 0 Å². The molecule has 0 saturated carbocycles. The number of para-hydroxylation sites is 1. The van der Waals surface area contributed by atoms with E-state index in [1.165, 1.54) is 66.8 Å². The van der Waals surface area contributed by atoms with E-state index in [0.29, 0.717) is 17.5 Å². The van der Waals surface area contributed by atoms with Crippen LogP contribution in [0.1, 0.15) is 44.5 Å². The van der Waals surface area contributed by atoms with E-state index in [1.54, 1.807) is 0 Å². The Balaban J connectivity index is 0.949. The molecule has 2 heterocycles. The summed E-state index contributed by atoms with van der Waals surface area (Å²) in [5.41, 5.74) is 21.1. The summed E-state index contributed by atoms with van der Waals surface area (Å²) in [6, 6.07) is 86.0. The Hall–Kier alpha value is -8.99. The third-order valence-electron chi connectivity index (χ3n) is 15.2. The van der Waals surface area contributed by atoms with Crippen LogP contribution in [0, 0.1) is 0 Å². The van der Waals surface area contributed by atoms with Crippen LogP contribution >= 0.6 is 0 Å². The first kappa shape index (κ1) is 38.1. The Morgan fingerprint density at radius 3 is 1.22 bits per heavy atom. The normalized spacial score (nSPS) is 14.0. The summed E-state index contributed by atoms with van der Waals surface area (Å²) in [6.45, 7) is 0. The van der Waals surface area contributed by atoms with Crippen molar-refractivity contribution in [3.63, 3.8) is 0 Å². The van der Waals surface area contributed by atoms with Gasteiger partial charge in [0.25, 0.3) is 0 Å². The SMILES string of the molecule is c1ccc(-c2nc(-c3ccccc3)nc(-c3ccc(-c4ccc5c(c4)-c4cc6c(cc4C54c5ccccc5C5(c7ccccc7-c7ccccc75)c5ccccc54)oc4ccccc46)cc3)n2)cc1. The molecular formula is C65H39N3O. The summed E-state index contributed by atoms with van der Waals surface area (Å²) >= 11 is 0. The topological polar surface area (TPSA) is 51.8 Å².